The molecule has 0 aromatic carbocycles. The van der Waals surface area contributed by atoms with Crippen LogP contribution in [0.5, 0.6) is 0 Å². The van der Waals surface area contributed by atoms with Crippen molar-refractivity contribution in [1.82, 2.24) is 9.97 Å². The molecule has 0 unspecified atom stereocenters. The first-order chi connectivity index (χ1) is 8.08. The third-order valence-corrected chi connectivity index (χ3v) is 3.54. The lowest BCUT2D eigenvalue weighted by atomic mass is 10.2. The van der Waals surface area contributed by atoms with Gasteiger partial charge in [-0.1, -0.05) is 0 Å². The Labute approximate surface area is 105 Å². The summed E-state index contributed by atoms with van der Waals surface area (Å²) in [5.41, 5.74) is 10.7. The number of nitrogens with two attached hydrogens (primary N) is 1. The van der Waals surface area contributed by atoms with Crippen LogP contribution in [0.2, 0.25) is 0 Å². The Morgan fingerprint density at radius 3 is 2.71 bits per heavy atom. The van der Waals surface area contributed by atoms with E-state index in [1.54, 1.807) is 11.3 Å². The van der Waals surface area contributed by atoms with Crippen LogP contribution in [-0.2, 0) is 6.54 Å². The largest absolute Gasteiger partial charge is 0.396 e. The van der Waals surface area contributed by atoms with E-state index >= 15 is 0 Å². The lowest BCUT2D eigenvalue weighted by molar-refractivity contribution is 0.902. The molecule has 0 aliphatic rings. The molecule has 4 nitrogen and oxygen atoms in total. The molecule has 5 heteroatoms. The van der Waals surface area contributed by atoms with Crippen LogP contribution in [0.25, 0.3) is 0 Å². The number of aryl methyl sites for hydroxylation is 2. The highest BCUT2D eigenvalue weighted by Crippen LogP contribution is 2.23. The lowest BCUT2D eigenvalue weighted by Gasteiger charge is -2.19. The van der Waals surface area contributed by atoms with Crippen LogP contribution in [0.1, 0.15) is 16.1 Å². The molecule has 2 rings (SSSR count). The van der Waals surface area contributed by atoms with Crippen molar-refractivity contribution in [2.24, 2.45) is 0 Å². The fourth-order valence-corrected chi connectivity index (χ4v) is 2.50. The van der Waals surface area contributed by atoms with Gasteiger partial charge >= 0.3 is 0 Å². The summed E-state index contributed by atoms with van der Waals surface area (Å²) in [5.74, 6) is 0.823. The first-order valence-electron chi connectivity index (χ1n) is 5.40. The number of anilines is 2. The summed E-state index contributed by atoms with van der Waals surface area (Å²) in [6, 6.07) is 1.94. The summed E-state index contributed by atoms with van der Waals surface area (Å²) in [4.78, 5) is 11.9. The number of thiazole rings is 1. The Morgan fingerprint density at radius 1 is 1.35 bits per heavy atom. The SMILES string of the molecule is Cc1cnc(N(C)Cc2scnc2C)c(N)c1. The van der Waals surface area contributed by atoms with Crippen LogP contribution in [0.4, 0.5) is 11.5 Å². The molecule has 0 atom stereocenters. The Morgan fingerprint density at radius 2 is 2.12 bits per heavy atom. The maximum absolute atomic E-state index is 5.97. The van der Waals surface area contributed by atoms with Crippen molar-refractivity contribution in [3.8, 4) is 0 Å². The monoisotopic (exact) mass is 248 g/mol. The van der Waals surface area contributed by atoms with Crippen LogP contribution in [-0.4, -0.2) is 17.0 Å². The van der Waals surface area contributed by atoms with Crippen LogP contribution in [0, 0.1) is 13.8 Å². The van der Waals surface area contributed by atoms with Gasteiger partial charge in [0.05, 0.1) is 23.4 Å². The summed E-state index contributed by atoms with van der Waals surface area (Å²) >= 11 is 1.66. The van der Waals surface area contributed by atoms with E-state index in [1.165, 1.54) is 4.88 Å². The average Bonchev–Trinajstić information content (AvgIpc) is 2.64. The molecule has 90 valence electrons. The van der Waals surface area contributed by atoms with Crippen molar-refractivity contribution >= 4 is 22.8 Å². The molecular weight excluding hydrogens is 232 g/mol. The molecule has 0 spiro atoms. The number of nitrogens with zero attached hydrogens (tertiary/aromatic N) is 3. The van der Waals surface area contributed by atoms with Crippen molar-refractivity contribution in [1.29, 1.82) is 0 Å². The van der Waals surface area contributed by atoms with Gasteiger partial charge in [0.25, 0.3) is 0 Å². The molecule has 0 aliphatic carbocycles. The highest BCUT2D eigenvalue weighted by molar-refractivity contribution is 7.09. The van der Waals surface area contributed by atoms with Gasteiger partial charge in [0.1, 0.15) is 0 Å². The molecule has 0 saturated heterocycles. The molecule has 2 aromatic rings. The van der Waals surface area contributed by atoms with Gasteiger partial charge in [-0.15, -0.1) is 11.3 Å². The Balaban J connectivity index is 2.20. The number of aromatic nitrogens is 2. The smallest absolute Gasteiger partial charge is 0.151 e. The third-order valence-electron chi connectivity index (χ3n) is 2.62. The minimum absolute atomic E-state index is 0.717. The van der Waals surface area contributed by atoms with Crippen molar-refractivity contribution in [3.05, 3.63) is 33.9 Å². The van der Waals surface area contributed by atoms with E-state index in [0.717, 1.165) is 29.3 Å². The number of nitrogen functional groups attached to an aromatic ring is 1. The van der Waals surface area contributed by atoms with Gasteiger partial charge in [-0.2, -0.15) is 0 Å². The normalized spacial score (nSPS) is 10.5. The van der Waals surface area contributed by atoms with Crippen LogP contribution >= 0.6 is 11.3 Å². The van der Waals surface area contributed by atoms with Crippen LogP contribution in [0.15, 0.2) is 17.8 Å². The van der Waals surface area contributed by atoms with Gasteiger partial charge in [0.15, 0.2) is 5.82 Å². The third kappa shape index (κ3) is 2.55. The highest BCUT2D eigenvalue weighted by atomic mass is 32.1. The van der Waals surface area contributed by atoms with Crippen molar-refractivity contribution < 1.29 is 0 Å². The topological polar surface area (TPSA) is 55.0 Å². The summed E-state index contributed by atoms with van der Waals surface area (Å²) in [5, 5.41) is 0. The Kier molecular flexibility index (Phi) is 3.28. The fraction of sp³-hybridized carbons (Fsp3) is 0.333. The van der Waals surface area contributed by atoms with Gasteiger partial charge in [-0.05, 0) is 25.5 Å². The molecule has 0 saturated carbocycles. The van der Waals surface area contributed by atoms with E-state index in [2.05, 4.69) is 14.9 Å². The van der Waals surface area contributed by atoms with E-state index in [0.29, 0.717) is 0 Å². The average molecular weight is 248 g/mol. The molecule has 0 amide bonds. The van der Waals surface area contributed by atoms with Gasteiger partial charge in [-0.25, -0.2) is 9.97 Å². The zero-order chi connectivity index (χ0) is 12.4. The number of hydrogen-bond donors (Lipinski definition) is 1. The Hall–Kier alpha value is -1.62. The summed E-state index contributed by atoms with van der Waals surface area (Å²) in [7, 11) is 1.99. The van der Waals surface area contributed by atoms with E-state index in [4.69, 9.17) is 5.73 Å². The Bertz CT molecular complexity index is 521. The van der Waals surface area contributed by atoms with E-state index in [9.17, 15) is 0 Å². The van der Waals surface area contributed by atoms with Crippen LogP contribution < -0.4 is 10.6 Å². The molecule has 2 aromatic heterocycles. The zero-order valence-corrected chi connectivity index (χ0v) is 11.1. The predicted octanol–water partition coefficient (Wildman–Crippen LogP) is 2.37. The quantitative estimate of drug-likeness (QED) is 0.906. The number of pyridine rings is 1. The molecule has 0 fully saturated rings. The van der Waals surface area contributed by atoms with Gasteiger partial charge in [0.2, 0.25) is 0 Å². The van der Waals surface area contributed by atoms with Crippen molar-refractivity contribution in [2.45, 2.75) is 20.4 Å². The summed E-state index contributed by atoms with van der Waals surface area (Å²) in [6.07, 6.45) is 1.84. The zero-order valence-electron chi connectivity index (χ0n) is 10.3. The second kappa shape index (κ2) is 4.71. The van der Waals surface area contributed by atoms with Gasteiger partial charge < -0.3 is 10.6 Å². The number of hydrogen-bond acceptors (Lipinski definition) is 5. The molecule has 2 heterocycles. The van der Waals surface area contributed by atoms with Gasteiger partial charge in [0, 0.05) is 18.1 Å². The van der Waals surface area contributed by atoms with Crippen LogP contribution in [0.3, 0.4) is 0 Å². The minimum atomic E-state index is 0.717. The van der Waals surface area contributed by atoms with Crippen molar-refractivity contribution in [2.75, 3.05) is 17.7 Å². The minimum Gasteiger partial charge on any atom is -0.396 e. The molecule has 17 heavy (non-hydrogen) atoms. The van der Waals surface area contributed by atoms with E-state index in [1.807, 2.05) is 38.7 Å². The molecule has 2 N–H and O–H groups in total. The van der Waals surface area contributed by atoms with Crippen molar-refractivity contribution in [3.63, 3.8) is 0 Å². The maximum Gasteiger partial charge on any atom is 0.151 e. The molecule has 0 aliphatic heterocycles. The number of rotatable bonds is 3. The molecular formula is C12H16N4S. The molecule has 0 radical (unpaired) electrons. The molecule has 0 bridgehead atoms. The first kappa shape index (κ1) is 11.9. The second-order valence-electron chi connectivity index (χ2n) is 4.14. The maximum atomic E-state index is 5.97. The lowest BCUT2D eigenvalue weighted by Crippen LogP contribution is -2.19. The van der Waals surface area contributed by atoms with Gasteiger partial charge in [-0.3, -0.25) is 0 Å². The first-order valence-corrected chi connectivity index (χ1v) is 6.28. The van der Waals surface area contributed by atoms with E-state index in [-0.39, 0.29) is 0 Å². The summed E-state index contributed by atoms with van der Waals surface area (Å²) < 4.78 is 0. The fourth-order valence-electron chi connectivity index (χ4n) is 1.67. The summed E-state index contributed by atoms with van der Waals surface area (Å²) in [6.45, 7) is 4.79. The van der Waals surface area contributed by atoms with E-state index < -0.39 is 0 Å². The predicted molar refractivity (Wildman–Crippen MR) is 72.3 cm³/mol. The standard InChI is InChI=1S/C12H16N4S/c1-8-4-10(13)12(14-5-8)16(3)6-11-9(2)15-7-17-11/h4-5,7H,6,13H2,1-3H3. The second-order valence-corrected chi connectivity index (χ2v) is 5.08. The highest BCUT2D eigenvalue weighted by Gasteiger charge is 2.10.